The first-order valence-corrected chi connectivity index (χ1v) is 6.37. The van der Waals surface area contributed by atoms with Crippen LogP contribution >= 0.6 is 0 Å². The fourth-order valence-corrected chi connectivity index (χ4v) is 1.69. The Morgan fingerprint density at radius 3 is 2.33 bits per heavy atom. The van der Waals surface area contributed by atoms with E-state index in [-0.39, 0.29) is 0 Å². The fraction of sp³-hybridized carbons (Fsp3) is 0.923. The lowest BCUT2D eigenvalue weighted by Crippen LogP contribution is -2.34. The van der Waals surface area contributed by atoms with E-state index in [2.05, 4.69) is 31.7 Å². The fourth-order valence-electron chi connectivity index (χ4n) is 1.69. The lowest BCUT2D eigenvalue weighted by Gasteiger charge is -2.28. The zero-order valence-electron chi connectivity index (χ0n) is 10.6. The molecule has 2 nitrogen and oxygen atoms in total. The standard InChI is InChI=1S/C13H26N2/c1-4-6-11-15(13(3)5-2)12-9-7-8-10-14/h13H,4-9,11-12H2,1-3H3. The molecule has 0 saturated heterocycles. The van der Waals surface area contributed by atoms with Crippen LogP contribution in [0.25, 0.3) is 0 Å². The molecule has 0 bridgehead atoms. The summed E-state index contributed by atoms with van der Waals surface area (Å²) in [5.74, 6) is 0. The van der Waals surface area contributed by atoms with E-state index in [0.29, 0.717) is 12.5 Å². The van der Waals surface area contributed by atoms with Crippen LogP contribution in [0.1, 0.15) is 59.3 Å². The molecule has 0 aliphatic heterocycles. The molecule has 2 heteroatoms. The summed E-state index contributed by atoms with van der Waals surface area (Å²) in [7, 11) is 0. The Morgan fingerprint density at radius 2 is 1.80 bits per heavy atom. The Bertz CT molecular complexity index is 172. The topological polar surface area (TPSA) is 27.0 Å². The summed E-state index contributed by atoms with van der Waals surface area (Å²) in [5, 5.41) is 8.46. The molecule has 0 aromatic rings. The maximum Gasteiger partial charge on any atom is 0.0621 e. The largest absolute Gasteiger partial charge is 0.301 e. The van der Waals surface area contributed by atoms with Crippen LogP contribution in [0.4, 0.5) is 0 Å². The zero-order valence-corrected chi connectivity index (χ0v) is 10.6. The van der Waals surface area contributed by atoms with E-state index in [9.17, 15) is 0 Å². The molecule has 0 fully saturated rings. The highest BCUT2D eigenvalue weighted by Gasteiger charge is 2.10. The highest BCUT2D eigenvalue weighted by atomic mass is 15.1. The minimum absolute atomic E-state index is 0.693. The molecule has 0 heterocycles. The van der Waals surface area contributed by atoms with Gasteiger partial charge in [0.2, 0.25) is 0 Å². The van der Waals surface area contributed by atoms with Crippen molar-refractivity contribution in [1.82, 2.24) is 4.90 Å². The van der Waals surface area contributed by atoms with Gasteiger partial charge in [0.05, 0.1) is 6.07 Å². The van der Waals surface area contributed by atoms with Crippen molar-refractivity contribution in [3.63, 3.8) is 0 Å². The Balaban J connectivity index is 3.75. The second-order valence-electron chi connectivity index (χ2n) is 4.26. The second-order valence-corrected chi connectivity index (χ2v) is 4.26. The van der Waals surface area contributed by atoms with Crippen LogP contribution < -0.4 is 0 Å². The van der Waals surface area contributed by atoms with Gasteiger partial charge >= 0.3 is 0 Å². The van der Waals surface area contributed by atoms with E-state index < -0.39 is 0 Å². The molecule has 0 aliphatic rings. The number of hydrogen-bond donors (Lipinski definition) is 0. The van der Waals surface area contributed by atoms with Crippen LogP contribution in [0.2, 0.25) is 0 Å². The van der Waals surface area contributed by atoms with E-state index >= 15 is 0 Å². The number of nitrogens with zero attached hydrogens (tertiary/aromatic N) is 2. The first-order chi connectivity index (χ1) is 7.26. The summed E-state index contributed by atoms with van der Waals surface area (Å²) in [6, 6.07) is 2.90. The highest BCUT2D eigenvalue weighted by molar-refractivity contribution is 4.70. The van der Waals surface area contributed by atoms with Crippen LogP contribution in [0.15, 0.2) is 0 Å². The summed E-state index contributed by atoms with van der Waals surface area (Å²) in [5.41, 5.74) is 0. The third kappa shape index (κ3) is 7.39. The third-order valence-electron chi connectivity index (χ3n) is 3.00. The summed E-state index contributed by atoms with van der Waals surface area (Å²) in [4.78, 5) is 2.57. The van der Waals surface area contributed by atoms with Gasteiger partial charge in [-0.25, -0.2) is 0 Å². The summed E-state index contributed by atoms with van der Waals surface area (Å²) >= 11 is 0. The van der Waals surface area contributed by atoms with Gasteiger partial charge in [-0.05, 0) is 45.7 Å². The minimum Gasteiger partial charge on any atom is -0.301 e. The van der Waals surface area contributed by atoms with Gasteiger partial charge in [0.1, 0.15) is 0 Å². The number of nitriles is 1. The van der Waals surface area contributed by atoms with Crippen molar-refractivity contribution in [2.45, 2.75) is 65.3 Å². The van der Waals surface area contributed by atoms with Crippen molar-refractivity contribution in [2.24, 2.45) is 0 Å². The third-order valence-corrected chi connectivity index (χ3v) is 3.00. The molecule has 0 rings (SSSR count). The molecule has 0 aromatic heterocycles. The zero-order chi connectivity index (χ0) is 11.5. The van der Waals surface area contributed by atoms with E-state index in [0.717, 1.165) is 13.0 Å². The van der Waals surface area contributed by atoms with Gasteiger partial charge in [0.15, 0.2) is 0 Å². The molecule has 0 amide bonds. The molecule has 0 N–H and O–H groups in total. The molecular weight excluding hydrogens is 184 g/mol. The van der Waals surface area contributed by atoms with Gasteiger partial charge in [0, 0.05) is 12.5 Å². The van der Waals surface area contributed by atoms with Crippen LogP contribution in [0, 0.1) is 11.3 Å². The van der Waals surface area contributed by atoms with E-state index in [1.165, 1.54) is 32.2 Å². The van der Waals surface area contributed by atoms with Gasteiger partial charge in [0.25, 0.3) is 0 Å². The lowest BCUT2D eigenvalue weighted by molar-refractivity contribution is 0.197. The lowest BCUT2D eigenvalue weighted by atomic mass is 10.1. The highest BCUT2D eigenvalue weighted by Crippen LogP contribution is 2.08. The monoisotopic (exact) mass is 210 g/mol. The van der Waals surface area contributed by atoms with Crippen molar-refractivity contribution in [1.29, 1.82) is 5.26 Å². The SMILES string of the molecule is CCCCN(CCCCC#N)C(C)CC. The predicted octanol–water partition coefficient (Wildman–Crippen LogP) is 3.58. The Kier molecular flexibility index (Phi) is 9.62. The smallest absolute Gasteiger partial charge is 0.0621 e. The number of hydrogen-bond acceptors (Lipinski definition) is 2. The van der Waals surface area contributed by atoms with Crippen LogP contribution in [0.5, 0.6) is 0 Å². The maximum absolute atomic E-state index is 8.46. The summed E-state index contributed by atoms with van der Waals surface area (Å²) in [6.45, 7) is 9.18. The molecule has 1 unspecified atom stereocenters. The molecule has 0 saturated carbocycles. The van der Waals surface area contributed by atoms with Gasteiger partial charge in [-0.1, -0.05) is 20.3 Å². The molecule has 0 radical (unpaired) electrons. The van der Waals surface area contributed by atoms with Gasteiger partial charge < -0.3 is 4.90 Å². The normalized spacial score (nSPS) is 12.7. The van der Waals surface area contributed by atoms with E-state index in [1.807, 2.05) is 0 Å². The molecule has 1 atom stereocenters. The van der Waals surface area contributed by atoms with Crippen LogP contribution in [0.3, 0.4) is 0 Å². The molecule has 0 spiro atoms. The van der Waals surface area contributed by atoms with Crippen molar-refractivity contribution >= 4 is 0 Å². The van der Waals surface area contributed by atoms with Crippen molar-refractivity contribution in [3.05, 3.63) is 0 Å². The second kappa shape index (κ2) is 9.98. The average molecular weight is 210 g/mol. The summed E-state index contributed by atoms with van der Waals surface area (Å²) < 4.78 is 0. The minimum atomic E-state index is 0.693. The number of unbranched alkanes of at least 4 members (excludes halogenated alkanes) is 3. The molecule has 88 valence electrons. The molecule has 0 aliphatic carbocycles. The van der Waals surface area contributed by atoms with Crippen LogP contribution in [-0.2, 0) is 0 Å². The predicted molar refractivity (Wildman–Crippen MR) is 65.7 cm³/mol. The van der Waals surface area contributed by atoms with Crippen LogP contribution in [-0.4, -0.2) is 24.0 Å². The van der Waals surface area contributed by atoms with Gasteiger partial charge in [-0.3, -0.25) is 0 Å². The first-order valence-electron chi connectivity index (χ1n) is 6.37. The van der Waals surface area contributed by atoms with Crippen molar-refractivity contribution in [2.75, 3.05) is 13.1 Å². The maximum atomic E-state index is 8.46. The quantitative estimate of drug-likeness (QED) is 0.544. The number of rotatable bonds is 9. The molecular formula is C13H26N2. The Labute approximate surface area is 95.3 Å². The van der Waals surface area contributed by atoms with Crippen molar-refractivity contribution < 1.29 is 0 Å². The summed E-state index contributed by atoms with van der Waals surface area (Å²) in [6.07, 6.45) is 6.72. The van der Waals surface area contributed by atoms with Gasteiger partial charge in [-0.15, -0.1) is 0 Å². The van der Waals surface area contributed by atoms with Crippen molar-refractivity contribution in [3.8, 4) is 6.07 Å². The average Bonchev–Trinajstić information content (AvgIpc) is 2.27. The Morgan fingerprint density at radius 1 is 1.13 bits per heavy atom. The molecule has 0 aromatic carbocycles. The first kappa shape index (κ1) is 14.5. The van der Waals surface area contributed by atoms with E-state index in [4.69, 9.17) is 5.26 Å². The van der Waals surface area contributed by atoms with E-state index in [1.54, 1.807) is 0 Å². The van der Waals surface area contributed by atoms with Gasteiger partial charge in [-0.2, -0.15) is 5.26 Å². The Hall–Kier alpha value is -0.550. The molecule has 15 heavy (non-hydrogen) atoms.